The Morgan fingerprint density at radius 1 is 1.11 bits per heavy atom. The molecule has 0 fully saturated rings. The normalized spacial score (nSPS) is 14.6. The van der Waals surface area contributed by atoms with E-state index in [-0.39, 0.29) is 12.3 Å². The smallest absolute Gasteiger partial charge is 0.408 e. The van der Waals surface area contributed by atoms with E-state index < -0.39 is 35.7 Å². The van der Waals surface area contributed by atoms with Crippen molar-refractivity contribution in [3.63, 3.8) is 0 Å². The zero-order valence-electron chi connectivity index (χ0n) is 16.6. The SMILES string of the molecule is CC[C@H](C)[C@H](NC(=O)[C@H](Cc1ccccc1)NC(=O)OC(C)(C)C)C(=O)O. The lowest BCUT2D eigenvalue weighted by Crippen LogP contribution is -2.54. The zero-order valence-corrected chi connectivity index (χ0v) is 16.6. The Labute approximate surface area is 160 Å². The molecule has 0 unspecified atom stereocenters. The molecule has 2 amide bonds. The van der Waals surface area contributed by atoms with E-state index in [1.807, 2.05) is 37.3 Å². The molecule has 0 aromatic heterocycles. The first-order valence-electron chi connectivity index (χ1n) is 9.10. The summed E-state index contributed by atoms with van der Waals surface area (Å²) >= 11 is 0. The van der Waals surface area contributed by atoms with Crippen LogP contribution in [0, 0.1) is 5.92 Å². The summed E-state index contributed by atoms with van der Waals surface area (Å²) in [5.74, 6) is -1.91. The molecule has 0 bridgehead atoms. The molecule has 150 valence electrons. The van der Waals surface area contributed by atoms with Gasteiger partial charge in [-0.2, -0.15) is 0 Å². The number of ether oxygens (including phenoxy) is 1. The summed E-state index contributed by atoms with van der Waals surface area (Å²) in [6, 6.07) is 7.20. The van der Waals surface area contributed by atoms with Crippen LogP contribution in [0.1, 0.15) is 46.6 Å². The number of hydrogen-bond donors (Lipinski definition) is 3. The van der Waals surface area contributed by atoms with Crippen LogP contribution in [0.5, 0.6) is 0 Å². The monoisotopic (exact) mass is 378 g/mol. The first-order chi connectivity index (χ1) is 12.5. The fourth-order valence-corrected chi connectivity index (χ4v) is 2.45. The lowest BCUT2D eigenvalue weighted by Gasteiger charge is -2.26. The summed E-state index contributed by atoms with van der Waals surface area (Å²) in [5, 5.41) is 14.5. The summed E-state index contributed by atoms with van der Waals surface area (Å²) in [4.78, 5) is 36.4. The van der Waals surface area contributed by atoms with Crippen molar-refractivity contribution in [2.45, 2.75) is 65.1 Å². The number of carboxylic acids is 1. The fourth-order valence-electron chi connectivity index (χ4n) is 2.45. The molecule has 3 N–H and O–H groups in total. The standard InChI is InChI=1S/C20H30N2O5/c1-6-13(2)16(18(24)25)22-17(23)15(12-14-10-8-7-9-11-14)21-19(26)27-20(3,4)5/h7-11,13,15-16H,6,12H2,1-5H3,(H,21,26)(H,22,23)(H,24,25)/t13-,15-,16-/m0/s1. The molecular weight excluding hydrogens is 348 g/mol. The van der Waals surface area contributed by atoms with Gasteiger partial charge in [-0.15, -0.1) is 0 Å². The molecule has 3 atom stereocenters. The minimum atomic E-state index is -1.10. The molecule has 0 radical (unpaired) electrons. The first kappa shape index (κ1) is 22.5. The van der Waals surface area contributed by atoms with E-state index in [0.29, 0.717) is 6.42 Å². The lowest BCUT2D eigenvalue weighted by atomic mass is 9.98. The van der Waals surface area contributed by atoms with Crippen LogP contribution in [0.15, 0.2) is 30.3 Å². The Bertz CT molecular complexity index is 640. The minimum absolute atomic E-state index is 0.221. The Morgan fingerprint density at radius 3 is 2.19 bits per heavy atom. The van der Waals surface area contributed by atoms with Crippen molar-refractivity contribution >= 4 is 18.0 Å². The maximum absolute atomic E-state index is 12.7. The second kappa shape index (κ2) is 9.94. The highest BCUT2D eigenvalue weighted by Crippen LogP contribution is 2.11. The van der Waals surface area contributed by atoms with Gasteiger partial charge in [-0.05, 0) is 32.3 Å². The molecule has 1 rings (SSSR count). The predicted molar refractivity (Wildman–Crippen MR) is 102 cm³/mol. The number of carbonyl (C=O) groups excluding carboxylic acids is 2. The van der Waals surface area contributed by atoms with Crippen molar-refractivity contribution in [1.82, 2.24) is 10.6 Å². The number of nitrogens with one attached hydrogen (secondary N) is 2. The van der Waals surface area contributed by atoms with E-state index >= 15 is 0 Å². The summed E-state index contributed by atoms with van der Waals surface area (Å²) in [6.45, 7) is 8.78. The van der Waals surface area contributed by atoms with Gasteiger partial charge in [0, 0.05) is 6.42 Å². The van der Waals surface area contributed by atoms with Gasteiger partial charge in [0.05, 0.1) is 0 Å². The summed E-state index contributed by atoms with van der Waals surface area (Å²) in [6.07, 6.45) is 0.0905. The highest BCUT2D eigenvalue weighted by Gasteiger charge is 2.30. The first-order valence-corrected chi connectivity index (χ1v) is 9.10. The van der Waals surface area contributed by atoms with Crippen molar-refractivity contribution < 1.29 is 24.2 Å². The molecule has 0 aliphatic heterocycles. The van der Waals surface area contributed by atoms with E-state index in [1.165, 1.54) is 0 Å². The second-order valence-electron chi connectivity index (χ2n) is 7.60. The van der Waals surface area contributed by atoms with Crippen LogP contribution in [0.25, 0.3) is 0 Å². The fraction of sp³-hybridized carbons (Fsp3) is 0.550. The van der Waals surface area contributed by atoms with Crippen LogP contribution in [0.3, 0.4) is 0 Å². The molecule has 0 aliphatic carbocycles. The molecule has 0 aliphatic rings. The molecule has 1 aromatic carbocycles. The van der Waals surface area contributed by atoms with E-state index in [0.717, 1.165) is 5.56 Å². The Balaban J connectivity index is 2.95. The quantitative estimate of drug-likeness (QED) is 0.645. The third kappa shape index (κ3) is 8.11. The number of alkyl carbamates (subject to hydrolysis) is 1. The highest BCUT2D eigenvalue weighted by atomic mass is 16.6. The van der Waals surface area contributed by atoms with Gasteiger partial charge < -0.3 is 20.5 Å². The van der Waals surface area contributed by atoms with Gasteiger partial charge in [-0.1, -0.05) is 50.6 Å². The van der Waals surface area contributed by atoms with Crippen LogP contribution in [-0.4, -0.2) is 40.8 Å². The molecular formula is C20H30N2O5. The van der Waals surface area contributed by atoms with Crippen molar-refractivity contribution in [2.24, 2.45) is 5.92 Å². The molecule has 0 saturated heterocycles. The van der Waals surface area contributed by atoms with Crippen molar-refractivity contribution in [3.8, 4) is 0 Å². The molecule has 1 aromatic rings. The van der Waals surface area contributed by atoms with E-state index in [9.17, 15) is 19.5 Å². The third-order valence-electron chi connectivity index (χ3n) is 4.07. The number of hydrogen-bond acceptors (Lipinski definition) is 4. The van der Waals surface area contributed by atoms with Gasteiger partial charge in [0.25, 0.3) is 0 Å². The molecule has 0 saturated carbocycles. The number of amides is 2. The van der Waals surface area contributed by atoms with E-state index in [1.54, 1.807) is 27.7 Å². The van der Waals surface area contributed by atoms with Crippen LogP contribution < -0.4 is 10.6 Å². The Hall–Kier alpha value is -2.57. The second-order valence-corrected chi connectivity index (χ2v) is 7.60. The number of rotatable bonds is 8. The maximum atomic E-state index is 12.7. The Morgan fingerprint density at radius 2 is 1.70 bits per heavy atom. The number of benzene rings is 1. The average molecular weight is 378 g/mol. The largest absolute Gasteiger partial charge is 0.480 e. The van der Waals surface area contributed by atoms with Gasteiger partial charge in [-0.3, -0.25) is 4.79 Å². The van der Waals surface area contributed by atoms with Crippen LogP contribution in [0.4, 0.5) is 4.79 Å². The van der Waals surface area contributed by atoms with Gasteiger partial charge in [-0.25, -0.2) is 9.59 Å². The van der Waals surface area contributed by atoms with Gasteiger partial charge in [0.1, 0.15) is 17.7 Å². The zero-order chi connectivity index (χ0) is 20.6. The summed E-state index contributed by atoms with van der Waals surface area (Å²) in [5.41, 5.74) is 0.127. The molecule has 0 spiro atoms. The average Bonchev–Trinajstić information content (AvgIpc) is 2.57. The Kier molecular flexibility index (Phi) is 8.28. The summed E-state index contributed by atoms with van der Waals surface area (Å²) in [7, 11) is 0. The number of carbonyl (C=O) groups is 3. The summed E-state index contributed by atoms with van der Waals surface area (Å²) < 4.78 is 5.23. The van der Waals surface area contributed by atoms with Crippen LogP contribution >= 0.6 is 0 Å². The van der Waals surface area contributed by atoms with Crippen LogP contribution in [0.2, 0.25) is 0 Å². The van der Waals surface area contributed by atoms with E-state index in [2.05, 4.69) is 10.6 Å². The highest BCUT2D eigenvalue weighted by molar-refractivity contribution is 5.89. The van der Waals surface area contributed by atoms with Crippen LogP contribution in [-0.2, 0) is 20.7 Å². The van der Waals surface area contributed by atoms with Gasteiger partial charge >= 0.3 is 12.1 Å². The topological polar surface area (TPSA) is 105 Å². The molecule has 27 heavy (non-hydrogen) atoms. The minimum Gasteiger partial charge on any atom is -0.480 e. The van der Waals surface area contributed by atoms with Crippen molar-refractivity contribution in [1.29, 1.82) is 0 Å². The van der Waals surface area contributed by atoms with Gasteiger partial charge in [0.2, 0.25) is 5.91 Å². The van der Waals surface area contributed by atoms with Crippen molar-refractivity contribution in [3.05, 3.63) is 35.9 Å². The van der Waals surface area contributed by atoms with Crippen molar-refractivity contribution in [2.75, 3.05) is 0 Å². The number of aliphatic carboxylic acids is 1. The molecule has 0 heterocycles. The number of carboxylic acid groups (broad SMARTS) is 1. The molecule has 7 nitrogen and oxygen atoms in total. The third-order valence-corrected chi connectivity index (χ3v) is 4.07. The predicted octanol–water partition coefficient (Wildman–Crippen LogP) is 2.74. The van der Waals surface area contributed by atoms with E-state index in [4.69, 9.17) is 4.74 Å². The molecule has 7 heteroatoms. The maximum Gasteiger partial charge on any atom is 0.408 e. The lowest BCUT2D eigenvalue weighted by molar-refractivity contribution is -0.143. The van der Waals surface area contributed by atoms with Gasteiger partial charge in [0.15, 0.2) is 0 Å².